The minimum Gasteiger partial charge on any atom is -0.373 e. The Morgan fingerprint density at radius 1 is 1.24 bits per heavy atom. The number of benzene rings is 1. The summed E-state index contributed by atoms with van der Waals surface area (Å²) < 4.78 is 26.5. The van der Waals surface area contributed by atoms with Crippen molar-refractivity contribution >= 4 is 17.3 Å². The molecule has 0 saturated carbocycles. The van der Waals surface area contributed by atoms with Gasteiger partial charge in [0.25, 0.3) is 5.69 Å². The number of halogens is 2. The van der Waals surface area contributed by atoms with Crippen molar-refractivity contribution in [1.82, 2.24) is 4.98 Å². The Bertz CT molecular complexity index is 679. The van der Waals surface area contributed by atoms with E-state index in [1.807, 2.05) is 0 Å². The number of nitro groups is 1. The van der Waals surface area contributed by atoms with Crippen molar-refractivity contribution < 1.29 is 13.7 Å². The zero-order valence-corrected chi connectivity index (χ0v) is 11.1. The van der Waals surface area contributed by atoms with Crippen LogP contribution in [-0.2, 0) is 6.54 Å². The molecular weight excluding hydrogens is 282 g/mol. The molecule has 0 amide bonds. The summed E-state index contributed by atoms with van der Waals surface area (Å²) in [4.78, 5) is 14.3. The molecule has 110 valence electrons. The molecule has 2 aromatic rings. The van der Waals surface area contributed by atoms with E-state index in [-0.39, 0.29) is 23.6 Å². The van der Waals surface area contributed by atoms with Gasteiger partial charge in [-0.25, -0.2) is 13.8 Å². The van der Waals surface area contributed by atoms with Gasteiger partial charge < -0.3 is 10.6 Å². The minimum absolute atomic E-state index is 0.0408. The molecule has 6 nitrogen and oxygen atoms in total. The summed E-state index contributed by atoms with van der Waals surface area (Å²) in [6.07, 6.45) is 0. The summed E-state index contributed by atoms with van der Waals surface area (Å²) in [6.45, 7) is -0.0408. The Labute approximate surface area is 119 Å². The molecule has 0 saturated heterocycles. The lowest BCUT2D eigenvalue weighted by Crippen LogP contribution is -2.06. The summed E-state index contributed by atoms with van der Waals surface area (Å²) in [7, 11) is 1.57. The molecule has 0 atom stereocenters. The smallest absolute Gasteiger partial charge is 0.276 e. The zero-order valence-electron chi connectivity index (χ0n) is 11.1. The normalized spacial score (nSPS) is 10.2. The molecule has 0 fully saturated rings. The minimum atomic E-state index is -0.567. The molecule has 0 aliphatic heterocycles. The Balaban J connectivity index is 2.21. The van der Waals surface area contributed by atoms with Gasteiger partial charge in [0.05, 0.1) is 17.1 Å². The topological polar surface area (TPSA) is 80.1 Å². The molecule has 21 heavy (non-hydrogen) atoms. The van der Waals surface area contributed by atoms with Gasteiger partial charge in [0.15, 0.2) is 0 Å². The number of aromatic nitrogens is 1. The Morgan fingerprint density at radius 2 is 1.95 bits per heavy atom. The second-order valence-corrected chi connectivity index (χ2v) is 4.19. The van der Waals surface area contributed by atoms with Crippen molar-refractivity contribution in [2.75, 3.05) is 17.7 Å². The van der Waals surface area contributed by atoms with E-state index in [9.17, 15) is 18.9 Å². The number of anilines is 2. The third-order valence-corrected chi connectivity index (χ3v) is 2.74. The summed E-state index contributed by atoms with van der Waals surface area (Å²) in [5, 5.41) is 16.2. The van der Waals surface area contributed by atoms with E-state index in [2.05, 4.69) is 15.6 Å². The molecule has 2 N–H and O–H groups in total. The quantitative estimate of drug-likeness (QED) is 0.654. The second-order valence-electron chi connectivity index (χ2n) is 4.19. The van der Waals surface area contributed by atoms with Crippen LogP contribution in [0.4, 0.5) is 26.1 Å². The summed E-state index contributed by atoms with van der Waals surface area (Å²) in [5.41, 5.74) is -0.0501. The van der Waals surface area contributed by atoms with E-state index in [4.69, 9.17) is 0 Å². The maximum absolute atomic E-state index is 13.5. The van der Waals surface area contributed by atoms with Crippen LogP contribution in [0.2, 0.25) is 0 Å². The highest BCUT2D eigenvalue weighted by molar-refractivity contribution is 5.54. The van der Waals surface area contributed by atoms with Gasteiger partial charge in [-0.05, 0) is 18.2 Å². The Morgan fingerprint density at radius 3 is 2.62 bits per heavy atom. The largest absolute Gasteiger partial charge is 0.373 e. The van der Waals surface area contributed by atoms with E-state index in [0.29, 0.717) is 5.82 Å². The van der Waals surface area contributed by atoms with Gasteiger partial charge >= 0.3 is 0 Å². The first kappa shape index (κ1) is 14.6. The maximum atomic E-state index is 13.5. The summed E-state index contributed by atoms with van der Waals surface area (Å²) in [6, 6.07) is 5.58. The molecule has 0 aliphatic carbocycles. The molecule has 1 aromatic heterocycles. The standard InChI is InChI=1S/C13H12F2N4O2/c1-16-12-5-10(19(20)21)6-13(18-12)17-7-8-4-9(14)2-3-11(8)15/h2-6H,7H2,1H3,(H2,16,17,18). The number of hydrogen-bond acceptors (Lipinski definition) is 5. The highest BCUT2D eigenvalue weighted by atomic mass is 19.1. The second kappa shape index (κ2) is 6.12. The molecule has 0 unspecified atom stereocenters. The van der Waals surface area contributed by atoms with Crippen LogP contribution in [0.25, 0.3) is 0 Å². The van der Waals surface area contributed by atoms with Gasteiger partial charge in [0.2, 0.25) is 0 Å². The average molecular weight is 294 g/mol. The molecule has 8 heteroatoms. The van der Waals surface area contributed by atoms with Crippen LogP contribution in [0.3, 0.4) is 0 Å². The lowest BCUT2D eigenvalue weighted by atomic mass is 10.2. The van der Waals surface area contributed by atoms with Crippen molar-refractivity contribution in [2.24, 2.45) is 0 Å². The molecule has 0 spiro atoms. The zero-order chi connectivity index (χ0) is 15.4. The van der Waals surface area contributed by atoms with E-state index in [1.54, 1.807) is 7.05 Å². The number of nitrogens with zero attached hydrogens (tertiary/aromatic N) is 2. The predicted octanol–water partition coefficient (Wildman–Crippen LogP) is 2.92. The predicted molar refractivity (Wildman–Crippen MR) is 74.1 cm³/mol. The van der Waals surface area contributed by atoms with Crippen LogP contribution >= 0.6 is 0 Å². The van der Waals surface area contributed by atoms with Crippen molar-refractivity contribution in [1.29, 1.82) is 0 Å². The fraction of sp³-hybridized carbons (Fsp3) is 0.154. The van der Waals surface area contributed by atoms with Gasteiger partial charge in [-0.3, -0.25) is 10.1 Å². The summed E-state index contributed by atoms with van der Waals surface area (Å²) >= 11 is 0. The van der Waals surface area contributed by atoms with E-state index in [1.165, 1.54) is 12.1 Å². The molecule has 0 aliphatic rings. The van der Waals surface area contributed by atoms with E-state index in [0.717, 1.165) is 18.2 Å². The van der Waals surface area contributed by atoms with Crippen LogP contribution in [0.15, 0.2) is 30.3 Å². The third-order valence-electron chi connectivity index (χ3n) is 2.74. The lowest BCUT2D eigenvalue weighted by Gasteiger charge is -2.08. The summed E-state index contributed by atoms with van der Waals surface area (Å²) in [5.74, 6) is -0.636. The average Bonchev–Trinajstić information content (AvgIpc) is 2.47. The molecule has 0 bridgehead atoms. The Hall–Kier alpha value is -2.77. The van der Waals surface area contributed by atoms with Gasteiger partial charge in [0, 0.05) is 19.2 Å². The van der Waals surface area contributed by atoms with Crippen molar-refractivity contribution in [3.8, 4) is 0 Å². The van der Waals surface area contributed by atoms with Crippen LogP contribution in [0.1, 0.15) is 5.56 Å². The first-order chi connectivity index (χ1) is 9.99. The molecule has 1 aromatic carbocycles. The van der Waals surface area contributed by atoms with E-state index < -0.39 is 16.6 Å². The molecular formula is C13H12F2N4O2. The number of rotatable bonds is 5. The lowest BCUT2D eigenvalue weighted by molar-refractivity contribution is -0.384. The highest BCUT2D eigenvalue weighted by Gasteiger charge is 2.11. The Kier molecular flexibility index (Phi) is 4.27. The maximum Gasteiger partial charge on any atom is 0.276 e. The fourth-order valence-corrected chi connectivity index (χ4v) is 1.70. The van der Waals surface area contributed by atoms with Crippen molar-refractivity contribution in [2.45, 2.75) is 6.54 Å². The molecule has 1 heterocycles. The van der Waals surface area contributed by atoms with E-state index >= 15 is 0 Å². The molecule has 0 radical (unpaired) electrons. The fourth-order valence-electron chi connectivity index (χ4n) is 1.70. The van der Waals surface area contributed by atoms with Gasteiger partial charge in [-0.2, -0.15) is 0 Å². The van der Waals surface area contributed by atoms with Crippen LogP contribution in [-0.4, -0.2) is 17.0 Å². The van der Waals surface area contributed by atoms with Gasteiger partial charge in [-0.15, -0.1) is 0 Å². The van der Waals surface area contributed by atoms with Crippen molar-refractivity contribution in [3.63, 3.8) is 0 Å². The molecule has 2 rings (SSSR count). The van der Waals surface area contributed by atoms with Gasteiger partial charge in [0.1, 0.15) is 23.3 Å². The SMILES string of the molecule is CNc1cc([N+](=O)[O-])cc(NCc2cc(F)ccc2F)n1. The monoisotopic (exact) mass is 294 g/mol. The van der Waals surface area contributed by atoms with Gasteiger partial charge in [-0.1, -0.05) is 0 Å². The van der Waals surface area contributed by atoms with Crippen LogP contribution in [0, 0.1) is 21.7 Å². The highest BCUT2D eigenvalue weighted by Crippen LogP contribution is 2.21. The first-order valence-corrected chi connectivity index (χ1v) is 6.01. The number of pyridine rings is 1. The number of hydrogen-bond donors (Lipinski definition) is 2. The third kappa shape index (κ3) is 3.62. The first-order valence-electron chi connectivity index (χ1n) is 6.01. The number of nitrogens with one attached hydrogen (secondary N) is 2. The van der Waals surface area contributed by atoms with Crippen molar-refractivity contribution in [3.05, 3.63) is 57.6 Å². The van der Waals surface area contributed by atoms with Crippen LogP contribution < -0.4 is 10.6 Å². The van der Waals surface area contributed by atoms with Crippen LogP contribution in [0.5, 0.6) is 0 Å².